The third-order valence-electron chi connectivity index (χ3n) is 3.70. The maximum Gasteiger partial charge on any atom is 0.0897 e. The molecule has 1 saturated carbocycles. The van der Waals surface area contributed by atoms with Gasteiger partial charge < -0.3 is 15.2 Å². The Kier molecular flexibility index (Phi) is 6.80. The summed E-state index contributed by atoms with van der Waals surface area (Å²) in [4.78, 5) is 0. The summed E-state index contributed by atoms with van der Waals surface area (Å²) < 4.78 is 5.76. The lowest BCUT2D eigenvalue weighted by Crippen LogP contribution is -2.32. The van der Waals surface area contributed by atoms with Crippen molar-refractivity contribution in [3.8, 4) is 0 Å². The molecule has 0 heterocycles. The van der Waals surface area contributed by atoms with Gasteiger partial charge in [0.15, 0.2) is 0 Å². The van der Waals surface area contributed by atoms with Crippen LogP contribution >= 0.6 is 11.6 Å². The summed E-state index contributed by atoms with van der Waals surface area (Å²) in [5.41, 5.74) is 1.16. The van der Waals surface area contributed by atoms with Crippen LogP contribution in [0.15, 0.2) is 24.3 Å². The van der Waals surface area contributed by atoms with Gasteiger partial charge in [-0.15, -0.1) is 0 Å². The van der Waals surface area contributed by atoms with E-state index in [2.05, 4.69) is 5.32 Å². The summed E-state index contributed by atoms with van der Waals surface area (Å²) in [5, 5.41) is 13.9. The fourth-order valence-electron chi connectivity index (χ4n) is 2.52. The summed E-state index contributed by atoms with van der Waals surface area (Å²) >= 11 is 5.83. The Morgan fingerprint density at radius 1 is 1.20 bits per heavy atom. The monoisotopic (exact) mass is 297 g/mol. The molecule has 2 rings (SSSR count). The Morgan fingerprint density at radius 3 is 2.60 bits per heavy atom. The molecule has 0 saturated heterocycles. The second-order valence-electron chi connectivity index (χ2n) is 5.50. The van der Waals surface area contributed by atoms with E-state index >= 15 is 0 Å². The van der Waals surface area contributed by atoms with Crippen molar-refractivity contribution in [2.24, 2.45) is 0 Å². The molecule has 1 unspecified atom stereocenters. The molecule has 20 heavy (non-hydrogen) atoms. The van der Waals surface area contributed by atoms with Crippen LogP contribution in [-0.4, -0.2) is 30.5 Å². The number of halogens is 1. The zero-order valence-corrected chi connectivity index (χ0v) is 12.6. The van der Waals surface area contributed by atoms with Crippen LogP contribution in [-0.2, 0) is 11.3 Å². The molecule has 1 aromatic rings. The second-order valence-corrected chi connectivity index (χ2v) is 5.94. The first kappa shape index (κ1) is 15.8. The van der Waals surface area contributed by atoms with E-state index in [9.17, 15) is 5.11 Å². The van der Waals surface area contributed by atoms with Crippen molar-refractivity contribution >= 4 is 11.6 Å². The number of benzene rings is 1. The largest absolute Gasteiger partial charge is 0.389 e. The van der Waals surface area contributed by atoms with Gasteiger partial charge in [0.05, 0.1) is 18.8 Å². The Bertz CT molecular complexity index is 377. The molecular weight excluding hydrogens is 274 g/mol. The van der Waals surface area contributed by atoms with Crippen LogP contribution in [0.5, 0.6) is 0 Å². The number of aliphatic hydroxyl groups is 1. The standard InChI is InChI=1S/C16H24ClNO2/c17-14-8-6-13(7-9-14)10-18-11-15(19)12-20-16-4-2-1-3-5-16/h6-9,15-16,18-19H,1-5,10-12H2. The molecule has 0 aromatic heterocycles. The summed E-state index contributed by atoms with van der Waals surface area (Å²) in [5.74, 6) is 0. The minimum absolute atomic E-state index is 0.356. The average Bonchev–Trinajstić information content (AvgIpc) is 2.48. The van der Waals surface area contributed by atoms with E-state index in [1.165, 1.54) is 19.3 Å². The molecule has 0 aliphatic heterocycles. The molecule has 0 amide bonds. The first-order valence-corrected chi connectivity index (χ1v) is 7.86. The maximum absolute atomic E-state index is 9.89. The lowest BCUT2D eigenvalue weighted by atomic mass is 9.98. The minimum Gasteiger partial charge on any atom is -0.389 e. The van der Waals surface area contributed by atoms with Crippen LogP contribution in [0.2, 0.25) is 5.02 Å². The van der Waals surface area contributed by atoms with Crippen molar-refractivity contribution < 1.29 is 9.84 Å². The Labute approximate surface area is 126 Å². The molecule has 0 radical (unpaired) electrons. The van der Waals surface area contributed by atoms with Crippen LogP contribution in [0, 0.1) is 0 Å². The van der Waals surface area contributed by atoms with Crippen molar-refractivity contribution in [1.29, 1.82) is 0 Å². The fourth-order valence-corrected chi connectivity index (χ4v) is 2.65. The summed E-state index contributed by atoms with van der Waals surface area (Å²) in [6.07, 6.45) is 6.05. The first-order valence-electron chi connectivity index (χ1n) is 7.49. The predicted octanol–water partition coefficient (Wildman–Crippen LogP) is 3.14. The number of hydrogen-bond donors (Lipinski definition) is 2. The van der Waals surface area contributed by atoms with E-state index in [-0.39, 0.29) is 0 Å². The molecular formula is C16H24ClNO2. The number of hydrogen-bond acceptors (Lipinski definition) is 3. The second kappa shape index (κ2) is 8.63. The highest BCUT2D eigenvalue weighted by molar-refractivity contribution is 6.30. The zero-order valence-electron chi connectivity index (χ0n) is 11.9. The molecule has 0 spiro atoms. The van der Waals surface area contributed by atoms with Crippen molar-refractivity contribution in [3.63, 3.8) is 0 Å². The summed E-state index contributed by atoms with van der Waals surface area (Å²) in [6, 6.07) is 7.73. The highest BCUT2D eigenvalue weighted by Crippen LogP contribution is 2.20. The molecule has 112 valence electrons. The highest BCUT2D eigenvalue weighted by atomic mass is 35.5. The smallest absolute Gasteiger partial charge is 0.0897 e. The topological polar surface area (TPSA) is 41.5 Å². The van der Waals surface area contributed by atoms with Gasteiger partial charge >= 0.3 is 0 Å². The summed E-state index contributed by atoms with van der Waals surface area (Å²) in [6.45, 7) is 1.71. The van der Waals surface area contributed by atoms with Crippen molar-refractivity contribution in [3.05, 3.63) is 34.9 Å². The summed E-state index contributed by atoms with van der Waals surface area (Å²) in [7, 11) is 0. The van der Waals surface area contributed by atoms with Gasteiger partial charge in [-0.1, -0.05) is 43.0 Å². The zero-order chi connectivity index (χ0) is 14.2. The number of ether oxygens (including phenoxy) is 1. The minimum atomic E-state index is -0.441. The van der Waals surface area contributed by atoms with Crippen molar-refractivity contribution in [2.45, 2.75) is 50.9 Å². The van der Waals surface area contributed by atoms with E-state index in [1.54, 1.807) is 0 Å². The number of nitrogens with one attached hydrogen (secondary N) is 1. The molecule has 3 nitrogen and oxygen atoms in total. The van der Waals surface area contributed by atoms with E-state index in [0.29, 0.717) is 19.3 Å². The third-order valence-corrected chi connectivity index (χ3v) is 3.95. The quantitative estimate of drug-likeness (QED) is 0.812. The van der Waals surface area contributed by atoms with Gasteiger partial charge in [0.1, 0.15) is 0 Å². The van der Waals surface area contributed by atoms with Gasteiger partial charge in [0, 0.05) is 18.1 Å². The van der Waals surface area contributed by atoms with Gasteiger partial charge in [-0.3, -0.25) is 0 Å². The van der Waals surface area contributed by atoms with Crippen molar-refractivity contribution in [2.75, 3.05) is 13.2 Å². The normalized spacial score (nSPS) is 18.1. The highest BCUT2D eigenvalue weighted by Gasteiger charge is 2.15. The molecule has 0 bridgehead atoms. The van der Waals surface area contributed by atoms with Gasteiger partial charge in [0.2, 0.25) is 0 Å². The van der Waals surface area contributed by atoms with Crippen LogP contribution in [0.4, 0.5) is 0 Å². The van der Waals surface area contributed by atoms with E-state index in [1.807, 2.05) is 24.3 Å². The van der Waals surface area contributed by atoms with Crippen LogP contribution in [0.1, 0.15) is 37.7 Å². The van der Waals surface area contributed by atoms with Crippen molar-refractivity contribution in [1.82, 2.24) is 5.32 Å². The van der Waals surface area contributed by atoms with E-state index in [0.717, 1.165) is 30.0 Å². The van der Waals surface area contributed by atoms with Crippen LogP contribution < -0.4 is 5.32 Å². The molecule has 4 heteroatoms. The Balaban J connectivity index is 1.57. The fraction of sp³-hybridized carbons (Fsp3) is 0.625. The third kappa shape index (κ3) is 5.80. The number of rotatable bonds is 7. The first-order chi connectivity index (χ1) is 9.74. The molecule has 1 aliphatic rings. The lowest BCUT2D eigenvalue weighted by Gasteiger charge is -2.23. The van der Waals surface area contributed by atoms with Gasteiger partial charge in [-0.05, 0) is 30.5 Å². The van der Waals surface area contributed by atoms with Crippen LogP contribution in [0.3, 0.4) is 0 Å². The Morgan fingerprint density at radius 2 is 1.90 bits per heavy atom. The molecule has 1 aliphatic carbocycles. The van der Waals surface area contributed by atoms with Gasteiger partial charge in [-0.2, -0.15) is 0 Å². The van der Waals surface area contributed by atoms with Crippen LogP contribution in [0.25, 0.3) is 0 Å². The SMILES string of the molecule is OC(CNCc1ccc(Cl)cc1)COC1CCCCC1. The Hall–Kier alpha value is -0.610. The van der Waals surface area contributed by atoms with E-state index in [4.69, 9.17) is 16.3 Å². The molecule has 1 fully saturated rings. The molecule has 1 aromatic carbocycles. The average molecular weight is 298 g/mol. The van der Waals surface area contributed by atoms with E-state index < -0.39 is 6.10 Å². The molecule has 2 N–H and O–H groups in total. The molecule has 1 atom stereocenters. The lowest BCUT2D eigenvalue weighted by molar-refractivity contribution is -0.0230. The maximum atomic E-state index is 9.89. The van der Waals surface area contributed by atoms with Gasteiger partial charge in [-0.25, -0.2) is 0 Å². The predicted molar refractivity (Wildman–Crippen MR) is 82.0 cm³/mol. The number of aliphatic hydroxyl groups excluding tert-OH is 1. The van der Waals surface area contributed by atoms with Gasteiger partial charge in [0.25, 0.3) is 0 Å².